The third-order valence-corrected chi connectivity index (χ3v) is 6.31. The molecule has 0 bridgehead atoms. The Kier molecular flexibility index (Phi) is 6.72. The highest BCUT2D eigenvalue weighted by molar-refractivity contribution is 5.96. The molecule has 3 aromatic rings. The van der Waals surface area contributed by atoms with Crippen LogP contribution in [-0.2, 0) is 0 Å². The van der Waals surface area contributed by atoms with E-state index in [-0.39, 0.29) is 17.8 Å². The predicted molar refractivity (Wildman–Crippen MR) is 126 cm³/mol. The first kappa shape index (κ1) is 22.2. The fourth-order valence-electron chi connectivity index (χ4n) is 4.44. The lowest BCUT2D eigenvalue weighted by atomic mass is 10.0. The minimum Gasteiger partial charge on any atom is -0.344 e. The lowest BCUT2D eigenvalue weighted by Crippen LogP contribution is -2.47. The molecule has 1 N–H and O–H groups in total. The van der Waals surface area contributed by atoms with Gasteiger partial charge in [-0.1, -0.05) is 42.5 Å². The first-order valence-corrected chi connectivity index (χ1v) is 11.1. The highest BCUT2D eigenvalue weighted by Crippen LogP contribution is 2.24. The standard InChI is InChI=1S/C26H31FN4O/c1-19-17-22(20(2)31(19)25-12-8-7-11-23(25)27)26(32)28-24(21-9-5-4-6-10-21)18-30-15-13-29(3)14-16-30/h4-12,17,24H,13-16,18H2,1-3H3,(H,28,32). The molecular formula is C26H31FN4O. The first-order valence-electron chi connectivity index (χ1n) is 11.1. The van der Waals surface area contributed by atoms with E-state index in [4.69, 9.17) is 0 Å². The van der Waals surface area contributed by atoms with Crippen LogP contribution in [0.2, 0.25) is 0 Å². The number of carbonyl (C=O) groups is 1. The molecule has 1 fully saturated rings. The topological polar surface area (TPSA) is 40.5 Å². The lowest BCUT2D eigenvalue weighted by molar-refractivity contribution is 0.0906. The molecule has 2 aromatic carbocycles. The van der Waals surface area contributed by atoms with Crippen LogP contribution >= 0.6 is 0 Å². The van der Waals surface area contributed by atoms with E-state index in [1.165, 1.54) is 6.07 Å². The number of halogens is 1. The van der Waals surface area contributed by atoms with Crippen LogP contribution in [0.15, 0.2) is 60.7 Å². The van der Waals surface area contributed by atoms with Gasteiger partial charge in [-0.25, -0.2) is 4.39 Å². The number of aromatic nitrogens is 1. The number of hydrogen-bond acceptors (Lipinski definition) is 3. The van der Waals surface area contributed by atoms with Crippen LogP contribution in [0.4, 0.5) is 4.39 Å². The second-order valence-corrected chi connectivity index (χ2v) is 8.61. The van der Waals surface area contributed by atoms with Crippen LogP contribution in [0.5, 0.6) is 0 Å². The Labute approximate surface area is 189 Å². The number of nitrogens with zero attached hydrogens (tertiary/aromatic N) is 3. The van der Waals surface area contributed by atoms with Crippen LogP contribution in [0.3, 0.4) is 0 Å². The molecule has 1 aromatic heterocycles. The predicted octanol–water partition coefficient (Wildman–Crippen LogP) is 3.95. The Morgan fingerprint density at radius 3 is 2.34 bits per heavy atom. The van der Waals surface area contributed by atoms with Gasteiger partial charge in [0.15, 0.2) is 0 Å². The summed E-state index contributed by atoms with van der Waals surface area (Å²) in [7, 11) is 2.14. The van der Waals surface area contributed by atoms with Crippen molar-refractivity contribution in [1.29, 1.82) is 0 Å². The van der Waals surface area contributed by atoms with Crippen LogP contribution in [0.1, 0.15) is 33.4 Å². The molecule has 4 rings (SSSR count). The van der Waals surface area contributed by atoms with Gasteiger partial charge in [0.05, 0.1) is 17.3 Å². The van der Waals surface area contributed by atoms with Gasteiger partial charge in [0.2, 0.25) is 0 Å². The summed E-state index contributed by atoms with van der Waals surface area (Å²) >= 11 is 0. The van der Waals surface area contributed by atoms with Gasteiger partial charge in [-0.15, -0.1) is 0 Å². The summed E-state index contributed by atoms with van der Waals surface area (Å²) in [5.41, 5.74) is 3.68. The summed E-state index contributed by atoms with van der Waals surface area (Å²) in [6.45, 7) is 8.55. The Bertz CT molecular complexity index is 1070. The molecular weight excluding hydrogens is 403 g/mol. The van der Waals surface area contributed by atoms with Gasteiger partial charge in [0, 0.05) is 44.1 Å². The number of piperazine rings is 1. The number of aryl methyl sites for hydroxylation is 1. The molecule has 1 aliphatic heterocycles. The number of nitrogens with one attached hydrogen (secondary N) is 1. The molecule has 1 atom stereocenters. The smallest absolute Gasteiger partial charge is 0.253 e. The van der Waals surface area contributed by atoms with E-state index in [0.29, 0.717) is 11.3 Å². The molecule has 1 saturated heterocycles. The van der Waals surface area contributed by atoms with Gasteiger partial charge in [-0.2, -0.15) is 0 Å². The minimum absolute atomic E-state index is 0.122. The summed E-state index contributed by atoms with van der Waals surface area (Å²) in [6, 6.07) is 18.5. The van der Waals surface area contributed by atoms with Crippen molar-refractivity contribution in [3.8, 4) is 5.69 Å². The molecule has 0 aliphatic carbocycles. The zero-order valence-corrected chi connectivity index (χ0v) is 19.0. The minimum atomic E-state index is -0.307. The number of amides is 1. The first-order chi connectivity index (χ1) is 15.4. The van der Waals surface area contributed by atoms with Gasteiger partial charge in [-0.3, -0.25) is 9.69 Å². The molecule has 0 spiro atoms. The molecule has 0 saturated carbocycles. The summed E-state index contributed by atoms with van der Waals surface area (Å²) < 4.78 is 16.2. The molecule has 1 aliphatic rings. The number of benzene rings is 2. The molecule has 1 unspecified atom stereocenters. The third kappa shape index (κ3) is 4.76. The summed E-state index contributed by atoms with van der Waals surface area (Å²) in [4.78, 5) is 18.1. The molecule has 5 nitrogen and oxygen atoms in total. The van der Waals surface area contributed by atoms with E-state index in [9.17, 15) is 9.18 Å². The van der Waals surface area contributed by atoms with Crippen molar-refractivity contribution in [3.63, 3.8) is 0 Å². The molecule has 168 valence electrons. The van der Waals surface area contributed by atoms with Gasteiger partial charge in [0.1, 0.15) is 5.82 Å². The number of likely N-dealkylation sites (N-methyl/N-ethyl adjacent to an activating group) is 1. The molecule has 0 radical (unpaired) electrons. The number of hydrogen-bond donors (Lipinski definition) is 1. The SMILES string of the molecule is Cc1cc(C(=O)NC(CN2CCN(C)CC2)c2ccccc2)c(C)n1-c1ccccc1F. The number of para-hydroxylation sites is 1. The fraction of sp³-hybridized carbons (Fsp3) is 0.346. The van der Waals surface area contributed by atoms with Crippen molar-refractivity contribution in [2.24, 2.45) is 0 Å². The zero-order valence-electron chi connectivity index (χ0n) is 19.0. The van der Waals surface area contributed by atoms with E-state index in [1.807, 2.05) is 42.7 Å². The Balaban J connectivity index is 1.58. The molecule has 32 heavy (non-hydrogen) atoms. The fourth-order valence-corrected chi connectivity index (χ4v) is 4.44. The highest BCUT2D eigenvalue weighted by atomic mass is 19.1. The maximum absolute atomic E-state index is 14.4. The average molecular weight is 435 g/mol. The molecule has 6 heteroatoms. The Morgan fingerprint density at radius 1 is 1.00 bits per heavy atom. The third-order valence-electron chi connectivity index (χ3n) is 6.31. The van der Waals surface area contributed by atoms with Crippen molar-refractivity contribution in [2.45, 2.75) is 19.9 Å². The number of rotatable bonds is 6. The second kappa shape index (κ2) is 9.67. The monoisotopic (exact) mass is 434 g/mol. The largest absolute Gasteiger partial charge is 0.344 e. The summed E-state index contributed by atoms with van der Waals surface area (Å²) in [5, 5.41) is 3.25. The van der Waals surface area contributed by atoms with Gasteiger partial charge >= 0.3 is 0 Å². The van der Waals surface area contributed by atoms with Crippen molar-refractivity contribution >= 4 is 5.91 Å². The van der Waals surface area contributed by atoms with Crippen molar-refractivity contribution in [2.75, 3.05) is 39.8 Å². The van der Waals surface area contributed by atoms with Crippen molar-refractivity contribution in [3.05, 3.63) is 89.0 Å². The van der Waals surface area contributed by atoms with Gasteiger partial charge in [-0.05, 0) is 44.7 Å². The lowest BCUT2D eigenvalue weighted by Gasteiger charge is -2.35. The Hall–Kier alpha value is -2.96. The van der Waals surface area contributed by atoms with E-state index in [0.717, 1.165) is 49.7 Å². The van der Waals surface area contributed by atoms with E-state index in [1.54, 1.807) is 18.2 Å². The molecule has 1 amide bonds. The van der Waals surface area contributed by atoms with Crippen molar-refractivity contribution < 1.29 is 9.18 Å². The van der Waals surface area contributed by atoms with Gasteiger partial charge < -0.3 is 14.8 Å². The molecule has 2 heterocycles. The van der Waals surface area contributed by atoms with E-state index >= 15 is 0 Å². The van der Waals surface area contributed by atoms with Crippen molar-refractivity contribution in [1.82, 2.24) is 19.7 Å². The van der Waals surface area contributed by atoms with E-state index < -0.39 is 0 Å². The van der Waals surface area contributed by atoms with Crippen LogP contribution in [-0.4, -0.2) is 60.0 Å². The maximum Gasteiger partial charge on any atom is 0.253 e. The van der Waals surface area contributed by atoms with Crippen LogP contribution < -0.4 is 5.32 Å². The zero-order chi connectivity index (χ0) is 22.7. The quantitative estimate of drug-likeness (QED) is 0.639. The van der Waals surface area contributed by atoms with Crippen LogP contribution in [0.25, 0.3) is 5.69 Å². The summed E-state index contributed by atoms with van der Waals surface area (Å²) in [6.07, 6.45) is 0. The maximum atomic E-state index is 14.4. The average Bonchev–Trinajstić information content (AvgIpc) is 3.09. The number of carbonyl (C=O) groups excluding carboxylic acids is 1. The normalized spacial score (nSPS) is 16.1. The van der Waals surface area contributed by atoms with E-state index in [2.05, 4.69) is 34.3 Å². The van der Waals surface area contributed by atoms with Gasteiger partial charge in [0.25, 0.3) is 5.91 Å². The van der Waals surface area contributed by atoms with Crippen LogP contribution in [0, 0.1) is 19.7 Å². The second-order valence-electron chi connectivity index (χ2n) is 8.61. The Morgan fingerprint density at radius 2 is 1.66 bits per heavy atom. The summed E-state index contributed by atoms with van der Waals surface area (Å²) in [5.74, 6) is -0.442. The highest BCUT2D eigenvalue weighted by Gasteiger charge is 2.24.